The van der Waals surface area contributed by atoms with Crippen molar-refractivity contribution in [2.24, 2.45) is 5.41 Å². The predicted molar refractivity (Wildman–Crippen MR) is 69.9 cm³/mol. The van der Waals surface area contributed by atoms with Gasteiger partial charge in [0.25, 0.3) is 0 Å². The van der Waals surface area contributed by atoms with Gasteiger partial charge in [0.1, 0.15) is 5.41 Å². The van der Waals surface area contributed by atoms with Gasteiger partial charge in [-0.25, -0.2) is 0 Å². The topological polar surface area (TPSA) is 53.3 Å². The lowest BCUT2D eigenvalue weighted by molar-refractivity contribution is -0.140. The summed E-state index contributed by atoms with van der Waals surface area (Å²) in [6.07, 6.45) is 4.69. The Morgan fingerprint density at radius 1 is 1.39 bits per heavy atom. The second-order valence-corrected chi connectivity index (χ2v) is 5.40. The maximum Gasteiger partial charge on any atom is 0.242 e. The number of likely N-dealkylation sites (N-methyl/N-ethyl adjacent to an activating group) is 1. The summed E-state index contributed by atoms with van der Waals surface area (Å²) in [5.41, 5.74) is -0.773. The van der Waals surface area contributed by atoms with Crippen molar-refractivity contribution < 1.29 is 9.53 Å². The molecule has 4 heteroatoms. The Morgan fingerprint density at radius 3 is 2.50 bits per heavy atom. The number of hydrogen-bond donors (Lipinski definition) is 0. The van der Waals surface area contributed by atoms with E-state index in [0.717, 1.165) is 19.3 Å². The predicted octanol–water partition coefficient (Wildman–Crippen LogP) is 2.34. The van der Waals surface area contributed by atoms with Gasteiger partial charge in [-0.1, -0.05) is 19.3 Å². The molecule has 4 nitrogen and oxygen atoms in total. The molecule has 1 saturated carbocycles. The number of hydrogen-bond acceptors (Lipinski definition) is 3. The third-order valence-electron chi connectivity index (χ3n) is 3.56. The van der Waals surface area contributed by atoms with Crippen LogP contribution in [0.4, 0.5) is 0 Å². The van der Waals surface area contributed by atoms with Gasteiger partial charge in [0, 0.05) is 13.6 Å². The van der Waals surface area contributed by atoms with Crippen molar-refractivity contribution in [3.8, 4) is 6.07 Å². The van der Waals surface area contributed by atoms with E-state index in [9.17, 15) is 10.1 Å². The van der Waals surface area contributed by atoms with Crippen LogP contribution < -0.4 is 0 Å². The highest BCUT2D eigenvalue weighted by Gasteiger charge is 2.41. The lowest BCUT2D eigenvalue weighted by Gasteiger charge is -2.33. The highest BCUT2D eigenvalue weighted by molar-refractivity contribution is 5.85. The van der Waals surface area contributed by atoms with Crippen LogP contribution in [0.1, 0.15) is 46.0 Å². The maximum absolute atomic E-state index is 12.4. The van der Waals surface area contributed by atoms with Gasteiger partial charge in [0.05, 0.1) is 18.8 Å². The van der Waals surface area contributed by atoms with Crippen molar-refractivity contribution in [1.82, 2.24) is 4.90 Å². The molecule has 0 aromatic heterocycles. The van der Waals surface area contributed by atoms with Gasteiger partial charge in [-0.3, -0.25) is 4.79 Å². The van der Waals surface area contributed by atoms with Crippen LogP contribution in [0.3, 0.4) is 0 Å². The first kappa shape index (κ1) is 15.0. The average molecular weight is 252 g/mol. The molecule has 0 N–H and O–H groups in total. The van der Waals surface area contributed by atoms with Crippen molar-refractivity contribution >= 4 is 5.91 Å². The Balaban J connectivity index is 2.53. The first-order valence-corrected chi connectivity index (χ1v) is 6.80. The average Bonchev–Trinajstić information content (AvgIpc) is 2.38. The SMILES string of the molecule is CC(C)OCCN(C)C(=O)C1(C#N)CCCCC1. The molecule has 18 heavy (non-hydrogen) atoms. The Kier molecular flexibility index (Phi) is 5.61. The van der Waals surface area contributed by atoms with Gasteiger partial charge in [0.15, 0.2) is 0 Å². The third-order valence-corrected chi connectivity index (χ3v) is 3.56. The van der Waals surface area contributed by atoms with Crippen LogP contribution >= 0.6 is 0 Å². The Hall–Kier alpha value is -1.08. The van der Waals surface area contributed by atoms with Crippen molar-refractivity contribution in [2.75, 3.05) is 20.2 Å². The highest BCUT2D eigenvalue weighted by Crippen LogP contribution is 2.37. The summed E-state index contributed by atoms with van der Waals surface area (Å²) in [7, 11) is 1.76. The first-order chi connectivity index (χ1) is 8.52. The first-order valence-electron chi connectivity index (χ1n) is 6.80. The van der Waals surface area contributed by atoms with E-state index in [1.807, 2.05) is 13.8 Å². The van der Waals surface area contributed by atoms with E-state index in [2.05, 4.69) is 6.07 Å². The number of carbonyl (C=O) groups excluding carboxylic acids is 1. The summed E-state index contributed by atoms with van der Waals surface area (Å²) in [4.78, 5) is 14.0. The van der Waals surface area contributed by atoms with Crippen LogP contribution in [-0.4, -0.2) is 37.1 Å². The van der Waals surface area contributed by atoms with Gasteiger partial charge in [-0.15, -0.1) is 0 Å². The van der Waals surface area contributed by atoms with E-state index in [1.54, 1.807) is 11.9 Å². The minimum absolute atomic E-state index is 0.0305. The summed E-state index contributed by atoms with van der Waals surface area (Å²) < 4.78 is 5.44. The molecule has 1 fully saturated rings. The molecule has 0 aromatic carbocycles. The third kappa shape index (κ3) is 3.71. The fourth-order valence-corrected chi connectivity index (χ4v) is 2.42. The van der Waals surface area contributed by atoms with Crippen molar-refractivity contribution in [2.45, 2.75) is 52.1 Å². The van der Waals surface area contributed by atoms with E-state index in [4.69, 9.17) is 4.74 Å². The zero-order chi connectivity index (χ0) is 13.6. The molecule has 0 radical (unpaired) electrons. The fourth-order valence-electron chi connectivity index (χ4n) is 2.42. The minimum Gasteiger partial charge on any atom is -0.377 e. The van der Waals surface area contributed by atoms with E-state index in [0.29, 0.717) is 26.0 Å². The molecule has 102 valence electrons. The monoisotopic (exact) mass is 252 g/mol. The summed E-state index contributed by atoms with van der Waals surface area (Å²) in [5, 5.41) is 9.35. The molecule has 0 heterocycles. The summed E-state index contributed by atoms with van der Waals surface area (Å²) in [6, 6.07) is 2.27. The number of nitriles is 1. The van der Waals surface area contributed by atoms with Gasteiger partial charge in [-0.2, -0.15) is 5.26 Å². The lowest BCUT2D eigenvalue weighted by atomic mass is 9.74. The van der Waals surface area contributed by atoms with Crippen LogP contribution in [0, 0.1) is 16.7 Å². The van der Waals surface area contributed by atoms with Crippen molar-refractivity contribution in [3.63, 3.8) is 0 Å². The molecule has 1 aliphatic carbocycles. The molecule has 0 aliphatic heterocycles. The minimum atomic E-state index is -0.773. The maximum atomic E-state index is 12.4. The van der Waals surface area contributed by atoms with Gasteiger partial charge >= 0.3 is 0 Å². The zero-order valence-electron chi connectivity index (χ0n) is 11.7. The normalized spacial score (nSPS) is 18.4. The summed E-state index contributed by atoms with van der Waals surface area (Å²) in [5.74, 6) is -0.0305. The second kappa shape index (κ2) is 6.75. The van der Waals surface area contributed by atoms with Crippen LogP contribution in [0.15, 0.2) is 0 Å². The van der Waals surface area contributed by atoms with E-state index in [1.165, 1.54) is 0 Å². The fraction of sp³-hybridized carbons (Fsp3) is 0.857. The molecule has 0 bridgehead atoms. The van der Waals surface area contributed by atoms with E-state index in [-0.39, 0.29) is 12.0 Å². The Labute approximate surface area is 110 Å². The van der Waals surface area contributed by atoms with E-state index < -0.39 is 5.41 Å². The quantitative estimate of drug-likeness (QED) is 0.754. The molecular formula is C14H24N2O2. The molecule has 0 spiro atoms. The summed E-state index contributed by atoms with van der Waals surface area (Å²) >= 11 is 0. The lowest BCUT2D eigenvalue weighted by Crippen LogP contribution is -2.43. The van der Waals surface area contributed by atoms with Gasteiger partial charge in [-0.05, 0) is 26.7 Å². The molecule has 0 atom stereocenters. The van der Waals surface area contributed by atoms with Crippen LogP contribution in [0.25, 0.3) is 0 Å². The Morgan fingerprint density at radius 2 is 2.00 bits per heavy atom. The summed E-state index contributed by atoms with van der Waals surface area (Å²) in [6.45, 7) is 5.03. The number of amides is 1. The van der Waals surface area contributed by atoms with E-state index >= 15 is 0 Å². The molecule has 1 aliphatic rings. The van der Waals surface area contributed by atoms with Crippen LogP contribution in [0.5, 0.6) is 0 Å². The Bertz CT molecular complexity index is 314. The number of carbonyl (C=O) groups is 1. The number of rotatable bonds is 5. The number of nitrogens with zero attached hydrogens (tertiary/aromatic N) is 2. The molecule has 0 unspecified atom stereocenters. The smallest absolute Gasteiger partial charge is 0.242 e. The second-order valence-electron chi connectivity index (χ2n) is 5.40. The highest BCUT2D eigenvalue weighted by atomic mass is 16.5. The van der Waals surface area contributed by atoms with Crippen molar-refractivity contribution in [1.29, 1.82) is 5.26 Å². The standard InChI is InChI=1S/C14H24N2O2/c1-12(2)18-10-9-16(3)13(17)14(11-15)7-5-4-6-8-14/h12H,4-10H2,1-3H3. The van der Waals surface area contributed by atoms with Crippen LogP contribution in [-0.2, 0) is 9.53 Å². The molecule has 1 amide bonds. The largest absolute Gasteiger partial charge is 0.377 e. The zero-order valence-corrected chi connectivity index (χ0v) is 11.7. The van der Waals surface area contributed by atoms with Gasteiger partial charge < -0.3 is 9.64 Å². The molecule has 0 aromatic rings. The molecule has 1 rings (SSSR count). The molecular weight excluding hydrogens is 228 g/mol. The van der Waals surface area contributed by atoms with Crippen LogP contribution in [0.2, 0.25) is 0 Å². The molecule has 0 saturated heterocycles. The number of ether oxygens (including phenoxy) is 1. The van der Waals surface area contributed by atoms with Crippen molar-refractivity contribution in [3.05, 3.63) is 0 Å². The van der Waals surface area contributed by atoms with Gasteiger partial charge in [0.2, 0.25) is 5.91 Å².